The molecule has 1 fully saturated rings. The van der Waals surface area contributed by atoms with E-state index in [0.29, 0.717) is 22.4 Å². The van der Waals surface area contributed by atoms with Gasteiger partial charge in [0.1, 0.15) is 0 Å². The molecular formula is C29H27F3N4O. The van der Waals surface area contributed by atoms with E-state index in [2.05, 4.69) is 27.4 Å². The lowest BCUT2D eigenvalue weighted by Gasteiger charge is -2.39. The number of nitrogens with one attached hydrogen (secondary N) is 3. The van der Waals surface area contributed by atoms with Gasteiger partial charge >= 0.3 is 6.18 Å². The summed E-state index contributed by atoms with van der Waals surface area (Å²) in [5.41, 5.74) is 4.63. The molecule has 0 saturated carbocycles. The number of para-hydroxylation sites is 2. The van der Waals surface area contributed by atoms with Crippen LogP contribution < -0.4 is 15.5 Å². The fraction of sp³-hybridized carbons (Fsp3) is 0.207. The predicted octanol–water partition coefficient (Wildman–Crippen LogP) is 6.41. The number of piperazine rings is 1. The maximum Gasteiger partial charge on any atom is 0.416 e. The largest absolute Gasteiger partial charge is 0.416 e. The summed E-state index contributed by atoms with van der Waals surface area (Å²) in [6.07, 6.45) is -2.48. The number of hydrogen-bond donors (Lipinski definition) is 3. The SMILES string of the molecule is Cc1cc[nH]c1C1CNCCN1c1ccccc1NC(=O)c1ccccc1-c1ccc(C(F)(F)F)cc1. The highest BCUT2D eigenvalue weighted by Crippen LogP contribution is 2.36. The number of amides is 1. The molecule has 5 nitrogen and oxygen atoms in total. The summed E-state index contributed by atoms with van der Waals surface area (Å²) in [5, 5.41) is 6.51. The Morgan fingerprint density at radius 1 is 0.973 bits per heavy atom. The molecule has 190 valence electrons. The fourth-order valence-corrected chi connectivity index (χ4v) is 4.86. The van der Waals surface area contributed by atoms with E-state index in [1.54, 1.807) is 24.3 Å². The number of rotatable bonds is 5. The van der Waals surface area contributed by atoms with E-state index < -0.39 is 11.7 Å². The van der Waals surface area contributed by atoms with E-state index in [-0.39, 0.29) is 11.9 Å². The molecule has 1 amide bonds. The zero-order chi connectivity index (χ0) is 26.0. The van der Waals surface area contributed by atoms with Crippen LogP contribution in [0.1, 0.15) is 33.2 Å². The summed E-state index contributed by atoms with van der Waals surface area (Å²) < 4.78 is 39.1. The van der Waals surface area contributed by atoms with Crippen molar-refractivity contribution in [1.29, 1.82) is 0 Å². The highest BCUT2D eigenvalue weighted by Gasteiger charge is 2.30. The Morgan fingerprint density at radius 3 is 2.43 bits per heavy atom. The lowest BCUT2D eigenvalue weighted by Crippen LogP contribution is -2.46. The van der Waals surface area contributed by atoms with Crippen molar-refractivity contribution < 1.29 is 18.0 Å². The number of carbonyl (C=O) groups excluding carboxylic acids is 1. The molecule has 4 aromatic rings. The molecule has 1 aromatic heterocycles. The summed E-state index contributed by atoms with van der Waals surface area (Å²) in [6, 6.07) is 21.6. The summed E-state index contributed by atoms with van der Waals surface area (Å²) in [4.78, 5) is 19.2. The molecule has 0 bridgehead atoms. The van der Waals surface area contributed by atoms with Crippen LogP contribution in [-0.2, 0) is 6.18 Å². The average Bonchev–Trinajstić information content (AvgIpc) is 3.34. The zero-order valence-electron chi connectivity index (χ0n) is 20.3. The number of halogens is 3. The number of benzene rings is 3. The Labute approximate surface area is 213 Å². The van der Waals surface area contributed by atoms with Crippen molar-refractivity contribution in [2.45, 2.75) is 19.1 Å². The van der Waals surface area contributed by atoms with E-state index in [4.69, 9.17) is 0 Å². The molecular weight excluding hydrogens is 477 g/mol. The van der Waals surface area contributed by atoms with Crippen LogP contribution in [0, 0.1) is 6.92 Å². The Morgan fingerprint density at radius 2 is 1.70 bits per heavy atom. The molecule has 8 heteroatoms. The fourth-order valence-electron chi connectivity index (χ4n) is 4.86. The van der Waals surface area contributed by atoms with E-state index >= 15 is 0 Å². The molecule has 1 atom stereocenters. The third-order valence-electron chi connectivity index (χ3n) is 6.73. The number of aryl methyl sites for hydroxylation is 1. The van der Waals surface area contributed by atoms with Crippen LogP contribution in [0.15, 0.2) is 85.1 Å². The van der Waals surface area contributed by atoms with Gasteiger partial charge in [0.2, 0.25) is 0 Å². The van der Waals surface area contributed by atoms with Gasteiger partial charge in [-0.3, -0.25) is 4.79 Å². The number of nitrogens with zero attached hydrogens (tertiary/aromatic N) is 1. The molecule has 2 heterocycles. The Hall–Kier alpha value is -4.04. The first-order valence-corrected chi connectivity index (χ1v) is 12.1. The summed E-state index contributed by atoms with van der Waals surface area (Å²) in [5.74, 6) is -0.328. The minimum absolute atomic E-state index is 0.0706. The molecule has 1 aliphatic rings. The molecule has 3 N–H and O–H groups in total. The molecule has 5 rings (SSSR count). The van der Waals surface area contributed by atoms with Crippen LogP contribution >= 0.6 is 0 Å². The lowest BCUT2D eigenvalue weighted by molar-refractivity contribution is -0.137. The van der Waals surface area contributed by atoms with Crippen LogP contribution in [0.5, 0.6) is 0 Å². The summed E-state index contributed by atoms with van der Waals surface area (Å²) in [6.45, 7) is 4.41. The molecule has 0 spiro atoms. The Balaban J connectivity index is 1.45. The van der Waals surface area contributed by atoms with Crippen molar-refractivity contribution in [3.05, 3.63) is 107 Å². The molecule has 1 saturated heterocycles. The highest BCUT2D eigenvalue weighted by atomic mass is 19.4. The second kappa shape index (κ2) is 10.1. The normalized spacial score (nSPS) is 16.0. The molecule has 37 heavy (non-hydrogen) atoms. The standard InChI is InChI=1S/C29H27F3N4O/c1-19-14-15-34-27(19)26-18-33-16-17-36(26)25-9-5-4-8-24(25)35-28(37)23-7-3-2-6-22(23)20-10-12-21(13-11-20)29(30,31)32/h2-15,26,33-34H,16-18H2,1H3,(H,35,37). The van der Waals surface area contributed by atoms with Crippen molar-refractivity contribution in [3.63, 3.8) is 0 Å². The van der Waals surface area contributed by atoms with Gasteiger partial charge in [0, 0.05) is 37.1 Å². The van der Waals surface area contributed by atoms with Crippen LogP contribution in [0.4, 0.5) is 24.5 Å². The minimum atomic E-state index is -4.42. The third-order valence-corrected chi connectivity index (χ3v) is 6.73. The highest BCUT2D eigenvalue weighted by molar-refractivity contribution is 6.10. The monoisotopic (exact) mass is 504 g/mol. The van der Waals surface area contributed by atoms with E-state index in [0.717, 1.165) is 43.1 Å². The Bertz CT molecular complexity index is 1390. The first-order chi connectivity index (χ1) is 17.8. The van der Waals surface area contributed by atoms with E-state index in [1.807, 2.05) is 36.5 Å². The number of aromatic nitrogens is 1. The van der Waals surface area contributed by atoms with Crippen molar-refractivity contribution in [1.82, 2.24) is 10.3 Å². The van der Waals surface area contributed by atoms with Gasteiger partial charge in [-0.1, -0.05) is 42.5 Å². The molecule has 1 aliphatic heterocycles. The average molecular weight is 505 g/mol. The van der Waals surface area contributed by atoms with E-state index in [1.165, 1.54) is 17.7 Å². The number of carbonyl (C=O) groups is 1. The van der Waals surface area contributed by atoms with Gasteiger partial charge in [-0.25, -0.2) is 0 Å². The van der Waals surface area contributed by atoms with Gasteiger partial charge in [-0.05, 0) is 60.0 Å². The topological polar surface area (TPSA) is 60.2 Å². The number of hydrogen-bond acceptors (Lipinski definition) is 3. The smallest absolute Gasteiger partial charge is 0.363 e. The van der Waals surface area contributed by atoms with Crippen LogP contribution in [0.2, 0.25) is 0 Å². The quantitative estimate of drug-likeness (QED) is 0.294. The minimum Gasteiger partial charge on any atom is -0.363 e. The van der Waals surface area contributed by atoms with Gasteiger partial charge in [-0.2, -0.15) is 13.2 Å². The van der Waals surface area contributed by atoms with Gasteiger partial charge in [-0.15, -0.1) is 0 Å². The summed E-state index contributed by atoms with van der Waals surface area (Å²) in [7, 11) is 0. The van der Waals surface area contributed by atoms with Crippen LogP contribution in [-0.4, -0.2) is 30.5 Å². The first-order valence-electron chi connectivity index (χ1n) is 12.1. The number of H-pyrrole nitrogens is 1. The zero-order valence-corrected chi connectivity index (χ0v) is 20.3. The van der Waals surface area contributed by atoms with Gasteiger partial charge in [0.05, 0.1) is 23.0 Å². The predicted molar refractivity (Wildman–Crippen MR) is 140 cm³/mol. The molecule has 0 radical (unpaired) electrons. The number of aromatic amines is 1. The second-order valence-electron chi connectivity index (χ2n) is 9.08. The number of alkyl halides is 3. The van der Waals surface area contributed by atoms with Gasteiger partial charge < -0.3 is 20.5 Å². The Kier molecular flexibility index (Phi) is 6.76. The van der Waals surface area contributed by atoms with Gasteiger partial charge in [0.15, 0.2) is 0 Å². The maximum absolute atomic E-state index is 13.5. The van der Waals surface area contributed by atoms with E-state index in [9.17, 15) is 18.0 Å². The molecule has 0 aliphatic carbocycles. The molecule has 3 aromatic carbocycles. The lowest BCUT2D eigenvalue weighted by atomic mass is 9.98. The summed E-state index contributed by atoms with van der Waals surface area (Å²) >= 11 is 0. The third kappa shape index (κ3) is 5.11. The maximum atomic E-state index is 13.5. The van der Waals surface area contributed by atoms with Crippen molar-refractivity contribution in [3.8, 4) is 11.1 Å². The van der Waals surface area contributed by atoms with Crippen molar-refractivity contribution in [2.24, 2.45) is 0 Å². The van der Waals surface area contributed by atoms with Gasteiger partial charge in [0.25, 0.3) is 5.91 Å². The van der Waals surface area contributed by atoms with Crippen LogP contribution in [0.25, 0.3) is 11.1 Å². The van der Waals surface area contributed by atoms with Crippen molar-refractivity contribution in [2.75, 3.05) is 29.9 Å². The van der Waals surface area contributed by atoms with Crippen LogP contribution in [0.3, 0.4) is 0 Å². The first kappa shape index (κ1) is 24.6. The number of anilines is 2. The van der Waals surface area contributed by atoms with Crippen molar-refractivity contribution >= 4 is 17.3 Å². The molecule has 1 unspecified atom stereocenters. The second-order valence-corrected chi connectivity index (χ2v) is 9.08.